The lowest BCUT2D eigenvalue weighted by Gasteiger charge is -2.35. The van der Waals surface area contributed by atoms with Crippen molar-refractivity contribution in [1.82, 2.24) is 15.5 Å². The van der Waals surface area contributed by atoms with Crippen molar-refractivity contribution >= 4 is 29.9 Å². The molecule has 1 fully saturated rings. The quantitative estimate of drug-likeness (QED) is 0.279. The minimum absolute atomic E-state index is 0. The van der Waals surface area contributed by atoms with E-state index in [-0.39, 0.29) is 29.5 Å². The molecule has 0 bridgehead atoms. The smallest absolute Gasteiger partial charge is 0.370 e. The Morgan fingerprint density at radius 2 is 1.96 bits per heavy atom. The van der Waals surface area contributed by atoms with Crippen LogP contribution in [0.3, 0.4) is 0 Å². The van der Waals surface area contributed by atoms with Crippen molar-refractivity contribution in [1.29, 1.82) is 0 Å². The van der Waals surface area contributed by atoms with Gasteiger partial charge >= 0.3 is 6.18 Å². The van der Waals surface area contributed by atoms with Gasteiger partial charge in [-0.1, -0.05) is 12.1 Å². The molecular formula is C19H30F3IN4O. The van der Waals surface area contributed by atoms with Crippen LogP contribution in [0.1, 0.15) is 38.0 Å². The highest BCUT2D eigenvalue weighted by Gasteiger charge is 2.32. The summed E-state index contributed by atoms with van der Waals surface area (Å²) in [6.07, 6.45) is -4.78. The second-order valence-corrected chi connectivity index (χ2v) is 7.58. The summed E-state index contributed by atoms with van der Waals surface area (Å²) in [4.78, 5) is 6.32. The molecule has 160 valence electrons. The Morgan fingerprint density at radius 1 is 1.25 bits per heavy atom. The average molecular weight is 514 g/mol. The number of halogens is 4. The van der Waals surface area contributed by atoms with Crippen LogP contribution in [0, 0.1) is 0 Å². The monoisotopic (exact) mass is 514 g/mol. The molecule has 5 nitrogen and oxygen atoms in total. The van der Waals surface area contributed by atoms with Gasteiger partial charge in [0.05, 0.1) is 18.7 Å². The highest BCUT2D eigenvalue weighted by molar-refractivity contribution is 14.0. The van der Waals surface area contributed by atoms with E-state index in [4.69, 9.17) is 4.74 Å². The molecule has 1 heterocycles. The van der Waals surface area contributed by atoms with E-state index in [0.717, 1.165) is 24.6 Å². The van der Waals surface area contributed by atoms with Crippen LogP contribution in [-0.2, 0) is 10.9 Å². The second kappa shape index (κ2) is 10.6. The van der Waals surface area contributed by atoms with E-state index in [9.17, 15) is 13.2 Å². The van der Waals surface area contributed by atoms with Crippen LogP contribution in [0.15, 0.2) is 29.3 Å². The zero-order chi connectivity index (χ0) is 20.1. The van der Waals surface area contributed by atoms with Gasteiger partial charge in [0.25, 0.3) is 0 Å². The van der Waals surface area contributed by atoms with E-state index < -0.39 is 17.8 Å². The molecule has 1 saturated heterocycles. The third-order valence-electron chi connectivity index (χ3n) is 4.23. The highest BCUT2D eigenvalue weighted by atomic mass is 127. The Morgan fingerprint density at radius 3 is 2.57 bits per heavy atom. The van der Waals surface area contributed by atoms with Gasteiger partial charge in [-0.25, -0.2) is 0 Å². The van der Waals surface area contributed by atoms with Crippen LogP contribution >= 0.6 is 24.0 Å². The maximum Gasteiger partial charge on any atom is 0.416 e. The van der Waals surface area contributed by atoms with Gasteiger partial charge in [-0.2, -0.15) is 13.2 Å². The van der Waals surface area contributed by atoms with Crippen LogP contribution in [0.5, 0.6) is 0 Å². The number of benzene rings is 1. The van der Waals surface area contributed by atoms with E-state index in [0.29, 0.717) is 31.8 Å². The number of nitrogens with zero attached hydrogens (tertiary/aromatic N) is 2. The van der Waals surface area contributed by atoms with Crippen LogP contribution in [0.25, 0.3) is 0 Å². The van der Waals surface area contributed by atoms with E-state index >= 15 is 0 Å². The number of hydrogen-bond acceptors (Lipinski definition) is 3. The Balaban J connectivity index is 0.00000392. The molecule has 0 radical (unpaired) electrons. The summed E-state index contributed by atoms with van der Waals surface area (Å²) in [5.41, 5.74) is -0.0884. The summed E-state index contributed by atoms with van der Waals surface area (Å²) < 4.78 is 44.6. The standard InChI is InChI=1S/C19H29F3N4O.HI/c1-18(2,3)25-9-8-24-17(23-4)26-10-11-27-16(13-26)14-6-5-7-15(12-14)19(20,21)22;/h5-7,12,16,25H,8-11,13H2,1-4H3,(H,23,24);1H. The molecule has 0 aromatic heterocycles. The lowest BCUT2D eigenvalue weighted by Crippen LogP contribution is -2.50. The van der Waals surface area contributed by atoms with Gasteiger partial charge in [0.2, 0.25) is 0 Å². The normalized spacial score (nSPS) is 18.6. The predicted molar refractivity (Wildman–Crippen MR) is 116 cm³/mol. The Kier molecular flexibility index (Phi) is 9.48. The number of aliphatic imine (C=N–C) groups is 1. The van der Waals surface area contributed by atoms with Crippen molar-refractivity contribution in [3.8, 4) is 0 Å². The van der Waals surface area contributed by atoms with Crippen molar-refractivity contribution in [3.63, 3.8) is 0 Å². The zero-order valence-corrected chi connectivity index (χ0v) is 19.1. The summed E-state index contributed by atoms with van der Waals surface area (Å²) in [5.74, 6) is 0.728. The van der Waals surface area contributed by atoms with Crippen molar-refractivity contribution in [2.24, 2.45) is 4.99 Å². The topological polar surface area (TPSA) is 48.9 Å². The fourth-order valence-corrected chi connectivity index (χ4v) is 2.90. The maximum atomic E-state index is 13.0. The first-order valence-corrected chi connectivity index (χ1v) is 9.09. The van der Waals surface area contributed by atoms with Crippen LogP contribution in [0.4, 0.5) is 13.2 Å². The van der Waals surface area contributed by atoms with E-state index in [1.807, 2.05) is 4.90 Å². The summed E-state index contributed by atoms with van der Waals surface area (Å²) >= 11 is 0. The van der Waals surface area contributed by atoms with Crippen LogP contribution in [0.2, 0.25) is 0 Å². The van der Waals surface area contributed by atoms with Crippen LogP contribution < -0.4 is 10.6 Å². The first kappa shape index (κ1) is 25.0. The van der Waals surface area contributed by atoms with Crippen molar-refractivity contribution in [2.45, 2.75) is 38.6 Å². The van der Waals surface area contributed by atoms with Gasteiger partial charge in [-0.3, -0.25) is 4.99 Å². The molecular weight excluding hydrogens is 484 g/mol. The summed E-state index contributed by atoms with van der Waals surface area (Å²) in [6, 6.07) is 5.34. The van der Waals surface area contributed by atoms with Gasteiger partial charge in [-0.15, -0.1) is 24.0 Å². The van der Waals surface area contributed by atoms with Crippen molar-refractivity contribution < 1.29 is 17.9 Å². The number of ether oxygens (including phenoxy) is 1. The molecule has 0 aliphatic carbocycles. The number of guanidine groups is 1. The lowest BCUT2D eigenvalue weighted by molar-refractivity contribution is -0.137. The molecule has 2 N–H and O–H groups in total. The zero-order valence-electron chi connectivity index (χ0n) is 16.8. The van der Waals surface area contributed by atoms with E-state index in [2.05, 4.69) is 36.4 Å². The molecule has 1 aliphatic heterocycles. The number of nitrogens with one attached hydrogen (secondary N) is 2. The Labute approximate surface area is 182 Å². The minimum Gasteiger partial charge on any atom is -0.370 e. The molecule has 1 unspecified atom stereocenters. The minimum atomic E-state index is -4.36. The molecule has 1 atom stereocenters. The molecule has 1 aromatic carbocycles. The molecule has 2 rings (SSSR count). The van der Waals surface area contributed by atoms with Gasteiger partial charge in [0, 0.05) is 32.2 Å². The largest absolute Gasteiger partial charge is 0.416 e. The van der Waals surface area contributed by atoms with Gasteiger partial charge in [0.1, 0.15) is 6.10 Å². The molecule has 0 spiro atoms. The van der Waals surface area contributed by atoms with Crippen molar-refractivity contribution in [2.75, 3.05) is 39.8 Å². The Hall–Kier alpha value is -1.07. The maximum absolute atomic E-state index is 13.0. The molecule has 9 heteroatoms. The summed E-state index contributed by atoms with van der Waals surface area (Å²) in [7, 11) is 1.70. The van der Waals surface area contributed by atoms with Crippen molar-refractivity contribution in [3.05, 3.63) is 35.4 Å². The SMILES string of the molecule is CN=C(NCCNC(C)(C)C)N1CCOC(c2cccc(C(F)(F)F)c2)C1.I. The first-order chi connectivity index (χ1) is 12.6. The summed E-state index contributed by atoms with van der Waals surface area (Å²) in [5, 5.41) is 6.69. The highest BCUT2D eigenvalue weighted by Crippen LogP contribution is 2.32. The summed E-state index contributed by atoms with van der Waals surface area (Å²) in [6.45, 7) is 9.31. The Bertz CT molecular complexity index is 647. The number of hydrogen-bond donors (Lipinski definition) is 2. The van der Waals surface area contributed by atoms with Gasteiger partial charge in [-0.05, 0) is 38.5 Å². The van der Waals surface area contributed by atoms with E-state index in [1.54, 1.807) is 13.1 Å². The number of rotatable bonds is 4. The van der Waals surface area contributed by atoms with Gasteiger partial charge < -0.3 is 20.3 Å². The fraction of sp³-hybridized carbons (Fsp3) is 0.632. The second-order valence-electron chi connectivity index (χ2n) is 7.58. The third kappa shape index (κ3) is 7.75. The predicted octanol–water partition coefficient (Wildman–Crippen LogP) is 3.66. The molecule has 28 heavy (non-hydrogen) atoms. The molecule has 1 aromatic rings. The lowest BCUT2D eigenvalue weighted by atomic mass is 10.0. The molecule has 1 aliphatic rings. The number of alkyl halides is 3. The molecule has 0 amide bonds. The average Bonchev–Trinajstić information content (AvgIpc) is 2.60. The van der Waals surface area contributed by atoms with Gasteiger partial charge in [0.15, 0.2) is 5.96 Å². The van der Waals surface area contributed by atoms with Crippen LogP contribution in [-0.4, -0.2) is 56.2 Å². The third-order valence-corrected chi connectivity index (χ3v) is 4.23. The molecule has 0 saturated carbocycles. The van der Waals surface area contributed by atoms with E-state index in [1.165, 1.54) is 6.07 Å². The fourth-order valence-electron chi connectivity index (χ4n) is 2.90. The number of morpholine rings is 1. The first-order valence-electron chi connectivity index (χ1n) is 9.09.